The summed E-state index contributed by atoms with van der Waals surface area (Å²) in [6.45, 7) is 10.6. The predicted octanol–water partition coefficient (Wildman–Crippen LogP) is 2.16. The first kappa shape index (κ1) is 24.9. The average Bonchev–Trinajstić information content (AvgIpc) is 2.68. The summed E-state index contributed by atoms with van der Waals surface area (Å²) in [5.74, 6) is 0. The highest BCUT2D eigenvalue weighted by Crippen LogP contribution is 2.08. The van der Waals surface area contributed by atoms with E-state index in [9.17, 15) is 4.79 Å². The van der Waals surface area contributed by atoms with Crippen LogP contribution in [0.4, 0.5) is 4.79 Å². The number of hydrogen-bond acceptors (Lipinski definition) is 6. The quantitative estimate of drug-likeness (QED) is 0.343. The number of halogens is 2. The molecule has 0 bridgehead atoms. The van der Waals surface area contributed by atoms with Crippen LogP contribution >= 0.6 is 23.2 Å². The smallest absolute Gasteiger partial charge is 0.315 e. The van der Waals surface area contributed by atoms with Crippen molar-refractivity contribution in [2.75, 3.05) is 13.2 Å². The molecule has 0 aromatic rings. The summed E-state index contributed by atoms with van der Waals surface area (Å²) < 4.78 is 0. The van der Waals surface area contributed by atoms with Crippen LogP contribution in [0.25, 0.3) is 0 Å². The molecule has 8 nitrogen and oxygen atoms in total. The second-order valence-electron chi connectivity index (χ2n) is 6.52. The number of urea groups is 1. The molecule has 6 N–H and O–H groups in total. The van der Waals surface area contributed by atoms with Crippen molar-refractivity contribution in [1.29, 1.82) is 0 Å². The maximum atomic E-state index is 11.5. The predicted molar refractivity (Wildman–Crippen MR) is 115 cm³/mol. The Balaban J connectivity index is 0.000000568. The zero-order chi connectivity index (χ0) is 20.8. The number of carbonyl (C=O) groups is 1. The van der Waals surface area contributed by atoms with Crippen LogP contribution < -0.4 is 32.1 Å². The van der Waals surface area contributed by atoms with Gasteiger partial charge in [0.2, 0.25) is 0 Å². The van der Waals surface area contributed by atoms with Gasteiger partial charge in [-0.1, -0.05) is 36.4 Å². The summed E-state index contributed by atoms with van der Waals surface area (Å²) in [5, 5.41) is 15.9. The summed E-state index contributed by atoms with van der Waals surface area (Å²) in [7, 11) is 0. The van der Waals surface area contributed by atoms with E-state index in [2.05, 4.69) is 52.1 Å². The Morgan fingerprint density at radius 3 is 2.71 bits per heavy atom. The Kier molecular flexibility index (Phi) is 13.2. The molecule has 10 heteroatoms. The Morgan fingerprint density at radius 2 is 2.14 bits per heavy atom. The molecular formula is C18H32Cl2N6O2. The minimum Gasteiger partial charge on any atom is -0.315 e. The minimum absolute atomic E-state index is 0.162. The third-order valence-electron chi connectivity index (χ3n) is 4.15. The van der Waals surface area contributed by atoms with Crippen LogP contribution in [0.15, 0.2) is 36.0 Å². The molecule has 2 aliphatic rings. The molecule has 0 aromatic heterocycles. The molecule has 0 saturated carbocycles. The van der Waals surface area contributed by atoms with E-state index in [1.807, 2.05) is 0 Å². The molecule has 0 aliphatic carbocycles. The van der Waals surface area contributed by atoms with E-state index < -0.39 is 0 Å². The Labute approximate surface area is 177 Å². The summed E-state index contributed by atoms with van der Waals surface area (Å²) in [6, 6.07) is 0.452. The molecular weight excluding hydrogens is 403 g/mol. The van der Waals surface area contributed by atoms with E-state index in [4.69, 9.17) is 28.0 Å². The first-order valence-electron chi connectivity index (χ1n) is 9.37. The van der Waals surface area contributed by atoms with Crippen molar-refractivity contribution in [2.24, 2.45) is 0 Å². The third kappa shape index (κ3) is 11.0. The number of rotatable bonds is 7. The lowest BCUT2D eigenvalue weighted by Crippen LogP contribution is -2.68. The Morgan fingerprint density at radius 1 is 1.36 bits per heavy atom. The van der Waals surface area contributed by atoms with Gasteiger partial charge >= 0.3 is 6.03 Å². The summed E-state index contributed by atoms with van der Waals surface area (Å²) in [5.41, 5.74) is 4.33. The molecule has 28 heavy (non-hydrogen) atoms. The monoisotopic (exact) mass is 434 g/mol. The van der Waals surface area contributed by atoms with Crippen molar-refractivity contribution in [3.8, 4) is 0 Å². The molecule has 2 heterocycles. The zero-order valence-corrected chi connectivity index (χ0v) is 17.8. The molecule has 0 aromatic carbocycles. The number of hydroxylamine groups is 1. The van der Waals surface area contributed by atoms with Gasteiger partial charge < -0.3 is 20.8 Å². The normalized spacial score (nSPS) is 27.8. The van der Waals surface area contributed by atoms with Gasteiger partial charge in [-0.2, -0.15) is 5.48 Å². The fraction of sp³-hybridized carbons (Fsp3) is 0.611. The second kappa shape index (κ2) is 14.8. The first-order chi connectivity index (χ1) is 13.5. The maximum Gasteiger partial charge on any atom is 0.320 e. The molecule has 2 aliphatic heterocycles. The van der Waals surface area contributed by atoms with Gasteiger partial charge in [-0.15, -0.1) is 0 Å². The topological polar surface area (TPSA) is 98.5 Å². The van der Waals surface area contributed by atoms with E-state index in [1.165, 1.54) is 17.8 Å². The van der Waals surface area contributed by atoms with Crippen molar-refractivity contribution in [3.63, 3.8) is 0 Å². The van der Waals surface area contributed by atoms with Gasteiger partial charge in [0.05, 0.1) is 17.8 Å². The second-order valence-corrected chi connectivity index (χ2v) is 7.18. The summed E-state index contributed by atoms with van der Waals surface area (Å²) in [4.78, 5) is 16.8. The highest BCUT2D eigenvalue weighted by molar-refractivity contribution is 6.37. The van der Waals surface area contributed by atoms with E-state index in [1.54, 1.807) is 0 Å². The fourth-order valence-corrected chi connectivity index (χ4v) is 2.92. The first-order valence-corrected chi connectivity index (χ1v) is 10.2. The lowest BCUT2D eigenvalue weighted by atomic mass is 10.1. The number of hydrogen-bond donors (Lipinski definition) is 6. The molecule has 0 spiro atoms. The SMILES string of the molecule is C=C/C(Cl)=C/Cl.C=CNC(=O)NC1NC(C)CC(NCCC2CCCON2)N1. The number of carbonyl (C=O) groups excluding carboxylic acids is 1. The van der Waals surface area contributed by atoms with Gasteiger partial charge in [0.15, 0.2) is 0 Å². The number of amides is 2. The molecule has 0 radical (unpaired) electrons. The highest BCUT2D eigenvalue weighted by Gasteiger charge is 2.25. The number of allylic oxidation sites excluding steroid dienone is 2. The summed E-state index contributed by atoms with van der Waals surface area (Å²) in [6.07, 6.45) is 6.97. The van der Waals surface area contributed by atoms with Crippen LogP contribution in [0.3, 0.4) is 0 Å². The van der Waals surface area contributed by atoms with Crippen LogP contribution in [0, 0.1) is 0 Å². The molecule has 4 unspecified atom stereocenters. The zero-order valence-electron chi connectivity index (χ0n) is 16.3. The van der Waals surface area contributed by atoms with Gasteiger partial charge in [-0.25, -0.2) is 4.79 Å². The van der Waals surface area contributed by atoms with Gasteiger partial charge in [-0.3, -0.25) is 10.6 Å². The minimum atomic E-state index is -0.281. The van der Waals surface area contributed by atoms with Crippen LogP contribution in [-0.2, 0) is 4.84 Å². The van der Waals surface area contributed by atoms with E-state index in [0.717, 1.165) is 38.8 Å². The van der Waals surface area contributed by atoms with Crippen molar-refractivity contribution < 1.29 is 9.63 Å². The molecule has 2 amide bonds. The van der Waals surface area contributed by atoms with Crippen LogP contribution in [0.1, 0.15) is 32.6 Å². The Bertz CT molecular complexity index is 514. The highest BCUT2D eigenvalue weighted by atomic mass is 35.5. The van der Waals surface area contributed by atoms with Gasteiger partial charge in [0.25, 0.3) is 0 Å². The molecule has 4 atom stereocenters. The van der Waals surface area contributed by atoms with Crippen LogP contribution in [-0.4, -0.2) is 43.7 Å². The third-order valence-corrected chi connectivity index (χ3v) is 4.76. The van der Waals surface area contributed by atoms with Gasteiger partial charge in [0, 0.05) is 17.6 Å². The fourth-order valence-electron chi connectivity index (χ4n) is 2.83. The van der Waals surface area contributed by atoms with E-state index in [0.29, 0.717) is 17.1 Å². The average molecular weight is 435 g/mol. The molecule has 160 valence electrons. The number of nitrogens with one attached hydrogen (secondary N) is 6. The molecule has 2 rings (SSSR count). The van der Waals surface area contributed by atoms with Crippen molar-refractivity contribution in [2.45, 2.75) is 57.1 Å². The lowest BCUT2D eigenvalue weighted by Gasteiger charge is -2.37. The lowest BCUT2D eigenvalue weighted by molar-refractivity contribution is -0.0208. The van der Waals surface area contributed by atoms with E-state index in [-0.39, 0.29) is 18.5 Å². The van der Waals surface area contributed by atoms with Crippen molar-refractivity contribution in [3.05, 3.63) is 36.0 Å². The van der Waals surface area contributed by atoms with Gasteiger partial charge in [0.1, 0.15) is 6.29 Å². The molecule has 2 fully saturated rings. The van der Waals surface area contributed by atoms with Crippen molar-refractivity contribution in [1.82, 2.24) is 32.1 Å². The van der Waals surface area contributed by atoms with Crippen molar-refractivity contribution >= 4 is 29.2 Å². The van der Waals surface area contributed by atoms with E-state index >= 15 is 0 Å². The van der Waals surface area contributed by atoms with Crippen LogP contribution in [0.2, 0.25) is 0 Å². The maximum absolute atomic E-state index is 11.5. The largest absolute Gasteiger partial charge is 0.320 e. The summed E-state index contributed by atoms with van der Waals surface area (Å²) >= 11 is 10.3. The van der Waals surface area contributed by atoms with Gasteiger partial charge in [-0.05, 0) is 51.4 Å². The standard InChI is InChI=1S/C14H28N6O2.C4H4Cl2/c1-3-15-14(21)19-13-17-10(2)9-12(18-13)16-7-6-11-5-4-8-22-20-11;1-2-4(6)3-5/h3,10-13,16-18,20H,1,4-9H2,2H3,(H2,15,19,21);2-3H,1H2/b;4-3-. The molecule has 2 saturated heterocycles. The van der Waals surface area contributed by atoms with Crippen LogP contribution in [0.5, 0.6) is 0 Å². The Hall–Kier alpha value is -1.13.